The molecular weight excluding hydrogens is 306 g/mol. The molecule has 0 saturated carbocycles. The van der Waals surface area contributed by atoms with E-state index >= 15 is 0 Å². The van der Waals surface area contributed by atoms with Crippen molar-refractivity contribution in [2.24, 2.45) is 0 Å². The van der Waals surface area contributed by atoms with Crippen LogP contribution in [0.3, 0.4) is 0 Å². The maximum Gasteiger partial charge on any atom is 0.234 e. The summed E-state index contributed by atoms with van der Waals surface area (Å²) in [5, 5.41) is 0. The lowest BCUT2D eigenvalue weighted by Crippen LogP contribution is -2.43. The van der Waals surface area contributed by atoms with Crippen LogP contribution in [0.1, 0.15) is 39.5 Å². The molecule has 0 aromatic carbocycles. The molecule has 1 aromatic heterocycles. The summed E-state index contributed by atoms with van der Waals surface area (Å²) in [6.45, 7) is 4.02. The van der Waals surface area contributed by atoms with Crippen molar-refractivity contribution in [2.75, 3.05) is 4.90 Å². The summed E-state index contributed by atoms with van der Waals surface area (Å²) in [4.78, 5) is 12.0. The number of aromatic nitrogens is 2. The second-order valence-corrected chi connectivity index (χ2v) is 7.04. The van der Waals surface area contributed by atoms with E-state index in [1.165, 1.54) is 25.7 Å². The third kappa shape index (κ3) is 2.71. The zero-order valence-electron chi connectivity index (χ0n) is 11.4. The minimum Gasteiger partial charge on any atom is -0.474 e. The fraction of sp³-hybridized carbons (Fsp3) is 0.714. The molecule has 1 aromatic rings. The quantitative estimate of drug-likeness (QED) is 0.800. The Kier molecular flexibility index (Phi) is 3.65. The highest BCUT2D eigenvalue weighted by molar-refractivity contribution is 9.09. The normalized spacial score (nSPS) is 29.9. The molecule has 0 N–H and O–H groups in total. The van der Waals surface area contributed by atoms with Crippen molar-refractivity contribution < 1.29 is 4.74 Å². The number of hydrogen-bond donors (Lipinski definition) is 0. The van der Waals surface area contributed by atoms with Crippen LogP contribution in [0.15, 0.2) is 12.4 Å². The van der Waals surface area contributed by atoms with Crippen molar-refractivity contribution in [3.05, 3.63) is 12.4 Å². The molecule has 2 bridgehead atoms. The van der Waals surface area contributed by atoms with Gasteiger partial charge in [0.2, 0.25) is 5.88 Å². The number of hydrogen-bond acceptors (Lipinski definition) is 4. The molecule has 2 unspecified atom stereocenters. The van der Waals surface area contributed by atoms with Gasteiger partial charge in [0.1, 0.15) is 0 Å². The zero-order chi connectivity index (χ0) is 13.4. The minimum atomic E-state index is 0.134. The summed E-state index contributed by atoms with van der Waals surface area (Å²) >= 11 is 3.77. The summed E-state index contributed by atoms with van der Waals surface area (Å²) in [5.74, 6) is 1.61. The van der Waals surface area contributed by atoms with Gasteiger partial charge in [-0.3, -0.25) is 4.98 Å². The molecule has 0 aliphatic carbocycles. The van der Waals surface area contributed by atoms with Gasteiger partial charge in [0.05, 0.1) is 18.5 Å². The van der Waals surface area contributed by atoms with Crippen LogP contribution in [-0.4, -0.2) is 33.0 Å². The fourth-order valence-electron chi connectivity index (χ4n) is 3.25. The molecular formula is C14H20BrN3O. The van der Waals surface area contributed by atoms with Crippen LogP contribution in [0.5, 0.6) is 5.88 Å². The molecule has 0 radical (unpaired) electrons. The van der Waals surface area contributed by atoms with E-state index < -0.39 is 0 Å². The van der Waals surface area contributed by atoms with Crippen LogP contribution in [0.2, 0.25) is 0 Å². The Balaban J connectivity index is 1.82. The van der Waals surface area contributed by atoms with Crippen LogP contribution in [-0.2, 0) is 0 Å². The van der Waals surface area contributed by atoms with Gasteiger partial charge < -0.3 is 9.64 Å². The molecule has 0 spiro atoms. The smallest absolute Gasteiger partial charge is 0.234 e. The van der Waals surface area contributed by atoms with Gasteiger partial charge in [-0.1, -0.05) is 15.9 Å². The number of fused-ring (bicyclic) bond motifs is 2. The SMILES string of the molecule is CC(C)Oc1cncc(N2C3CCC2CC(Br)C3)n1. The largest absolute Gasteiger partial charge is 0.474 e. The summed E-state index contributed by atoms with van der Waals surface area (Å²) in [6, 6.07) is 1.21. The molecule has 2 atom stereocenters. The summed E-state index contributed by atoms with van der Waals surface area (Å²) < 4.78 is 5.65. The van der Waals surface area contributed by atoms with E-state index in [1.54, 1.807) is 6.20 Å². The van der Waals surface area contributed by atoms with Gasteiger partial charge >= 0.3 is 0 Å². The Morgan fingerprint density at radius 3 is 2.58 bits per heavy atom. The zero-order valence-corrected chi connectivity index (χ0v) is 13.0. The maximum atomic E-state index is 5.65. The van der Waals surface area contributed by atoms with Crippen LogP contribution < -0.4 is 9.64 Å². The van der Waals surface area contributed by atoms with Crippen LogP contribution in [0, 0.1) is 0 Å². The first-order chi connectivity index (χ1) is 9.13. The lowest BCUT2D eigenvalue weighted by atomic mass is 10.0. The third-order valence-electron chi connectivity index (χ3n) is 3.90. The first kappa shape index (κ1) is 13.2. The van der Waals surface area contributed by atoms with Crippen LogP contribution in [0.4, 0.5) is 5.82 Å². The predicted molar refractivity (Wildman–Crippen MR) is 79.0 cm³/mol. The first-order valence-electron chi connectivity index (χ1n) is 7.04. The molecule has 3 rings (SSSR count). The van der Waals surface area contributed by atoms with Crippen molar-refractivity contribution in [3.8, 4) is 5.88 Å². The van der Waals surface area contributed by atoms with Gasteiger partial charge in [-0.25, -0.2) is 0 Å². The highest BCUT2D eigenvalue weighted by Gasteiger charge is 2.40. The van der Waals surface area contributed by atoms with Crippen LogP contribution >= 0.6 is 15.9 Å². The average molecular weight is 326 g/mol. The van der Waals surface area contributed by atoms with E-state index in [1.807, 2.05) is 20.0 Å². The summed E-state index contributed by atoms with van der Waals surface area (Å²) in [7, 11) is 0. The van der Waals surface area contributed by atoms with E-state index in [2.05, 4.69) is 30.8 Å². The lowest BCUT2D eigenvalue weighted by molar-refractivity contribution is 0.231. The Labute approximate surface area is 122 Å². The van der Waals surface area contributed by atoms with Crippen molar-refractivity contribution in [1.29, 1.82) is 0 Å². The van der Waals surface area contributed by atoms with Gasteiger partial charge in [-0.2, -0.15) is 4.98 Å². The average Bonchev–Trinajstić information content (AvgIpc) is 2.61. The molecule has 2 aliphatic heterocycles. The van der Waals surface area contributed by atoms with Gasteiger partial charge in [0.15, 0.2) is 5.82 Å². The van der Waals surface area contributed by atoms with E-state index in [-0.39, 0.29) is 6.10 Å². The number of nitrogens with zero attached hydrogens (tertiary/aromatic N) is 3. The predicted octanol–water partition coefficient (Wildman–Crippen LogP) is 3.16. The van der Waals surface area contributed by atoms with Gasteiger partial charge in [0.25, 0.3) is 0 Å². The van der Waals surface area contributed by atoms with Crippen molar-refractivity contribution >= 4 is 21.7 Å². The van der Waals surface area contributed by atoms with E-state index in [4.69, 9.17) is 4.74 Å². The molecule has 4 nitrogen and oxygen atoms in total. The number of anilines is 1. The van der Waals surface area contributed by atoms with Crippen molar-refractivity contribution in [2.45, 2.75) is 62.5 Å². The molecule has 2 fully saturated rings. The number of halogens is 1. The Morgan fingerprint density at radius 1 is 1.26 bits per heavy atom. The highest BCUT2D eigenvalue weighted by atomic mass is 79.9. The Bertz CT molecular complexity index is 440. The molecule has 0 amide bonds. The molecule has 2 saturated heterocycles. The van der Waals surface area contributed by atoms with Gasteiger partial charge in [-0.15, -0.1) is 0 Å². The Morgan fingerprint density at radius 2 is 1.95 bits per heavy atom. The lowest BCUT2D eigenvalue weighted by Gasteiger charge is -2.37. The number of ether oxygens (including phenoxy) is 1. The van der Waals surface area contributed by atoms with Crippen molar-refractivity contribution in [3.63, 3.8) is 0 Å². The second-order valence-electron chi connectivity index (χ2n) is 5.74. The molecule has 2 aliphatic rings. The summed E-state index contributed by atoms with van der Waals surface area (Å²) in [5.41, 5.74) is 0. The number of rotatable bonds is 3. The number of piperidine rings is 1. The van der Waals surface area contributed by atoms with E-state index in [0.717, 1.165) is 5.82 Å². The Hall–Kier alpha value is -0.840. The minimum absolute atomic E-state index is 0.134. The number of alkyl halides is 1. The fourth-order valence-corrected chi connectivity index (χ4v) is 4.11. The van der Waals surface area contributed by atoms with Gasteiger partial charge in [0, 0.05) is 16.9 Å². The highest BCUT2D eigenvalue weighted by Crippen LogP contribution is 2.40. The topological polar surface area (TPSA) is 38.2 Å². The molecule has 19 heavy (non-hydrogen) atoms. The maximum absolute atomic E-state index is 5.65. The first-order valence-corrected chi connectivity index (χ1v) is 7.96. The van der Waals surface area contributed by atoms with E-state index in [9.17, 15) is 0 Å². The molecule has 3 heterocycles. The second kappa shape index (κ2) is 5.27. The van der Waals surface area contributed by atoms with Crippen LogP contribution in [0.25, 0.3) is 0 Å². The van der Waals surface area contributed by atoms with Crippen molar-refractivity contribution in [1.82, 2.24) is 9.97 Å². The third-order valence-corrected chi connectivity index (χ3v) is 4.64. The monoisotopic (exact) mass is 325 g/mol. The molecule has 104 valence electrons. The van der Waals surface area contributed by atoms with E-state index in [0.29, 0.717) is 22.8 Å². The molecule has 5 heteroatoms. The summed E-state index contributed by atoms with van der Waals surface area (Å²) in [6.07, 6.45) is 8.64. The van der Waals surface area contributed by atoms with Gasteiger partial charge in [-0.05, 0) is 39.5 Å². The standard InChI is InChI=1S/C14H20BrN3O/c1-9(2)19-14-8-16-7-13(17-14)18-11-3-4-12(18)6-10(15)5-11/h7-12H,3-6H2,1-2H3.